The van der Waals surface area contributed by atoms with Gasteiger partial charge in [-0.3, -0.25) is 4.79 Å². The Bertz CT molecular complexity index is 344. The predicted molar refractivity (Wildman–Crippen MR) is 46.7 cm³/mol. The number of rotatable bonds is 1. The van der Waals surface area contributed by atoms with E-state index in [0.29, 0.717) is 12.2 Å². The number of hydrogen-bond acceptors (Lipinski definition) is 3. The minimum absolute atomic E-state index is 0.0472. The third kappa shape index (κ3) is 1.42. The van der Waals surface area contributed by atoms with Crippen LogP contribution in [0.1, 0.15) is 22.8 Å². The van der Waals surface area contributed by atoms with Gasteiger partial charge in [-0.2, -0.15) is 0 Å². The molecule has 0 aliphatic carbocycles. The van der Waals surface area contributed by atoms with Crippen molar-refractivity contribution in [1.82, 2.24) is 0 Å². The third-order valence-corrected chi connectivity index (χ3v) is 2.06. The maximum atomic E-state index is 11.2. The van der Waals surface area contributed by atoms with E-state index in [0.717, 1.165) is 11.3 Å². The minimum atomic E-state index is 0.0472. The van der Waals surface area contributed by atoms with Crippen LogP contribution in [0, 0.1) is 0 Å². The highest BCUT2D eigenvalue weighted by atomic mass is 16.7. The van der Waals surface area contributed by atoms with Crippen LogP contribution in [-0.2, 0) is 11.3 Å². The molecular formula is C10H10O3. The van der Waals surface area contributed by atoms with Crippen LogP contribution in [0.5, 0.6) is 5.75 Å². The molecule has 0 aromatic heterocycles. The number of fused-ring (bicyclic) bond motifs is 1. The zero-order chi connectivity index (χ0) is 9.26. The zero-order valence-electron chi connectivity index (χ0n) is 7.37. The lowest BCUT2D eigenvalue weighted by Crippen LogP contribution is -2.14. The third-order valence-electron chi connectivity index (χ3n) is 2.06. The summed E-state index contributed by atoms with van der Waals surface area (Å²) >= 11 is 0. The molecule has 0 amide bonds. The topological polar surface area (TPSA) is 35.5 Å². The van der Waals surface area contributed by atoms with E-state index in [1.54, 1.807) is 13.0 Å². The Balaban J connectivity index is 2.52. The molecule has 0 N–H and O–H groups in total. The molecule has 0 radical (unpaired) electrons. The molecule has 1 aliphatic heterocycles. The highest BCUT2D eigenvalue weighted by molar-refractivity contribution is 5.96. The Morgan fingerprint density at radius 3 is 3.08 bits per heavy atom. The van der Waals surface area contributed by atoms with Crippen molar-refractivity contribution in [3.05, 3.63) is 29.3 Å². The van der Waals surface area contributed by atoms with E-state index in [-0.39, 0.29) is 12.6 Å². The van der Waals surface area contributed by atoms with Crippen molar-refractivity contribution < 1.29 is 14.3 Å². The zero-order valence-corrected chi connectivity index (χ0v) is 7.37. The fourth-order valence-electron chi connectivity index (χ4n) is 1.43. The molecule has 13 heavy (non-hydrogen) atoms. The van der Waals surface area contributed by atoms with Crippen molar-refractivity contribution in [2.24, 2.45) is 0 Å². The number of carbonyl (C=O) groups is 1. The highest BCUT2D eigenvalue weighted by Gasteiger charge is 2.16. The van der Waals surface area contributed by atoms with Gasteiger partial charge in [0.25, 0.3) is 0 Å². The summed E-state index contributed by atoms with van der Waals surface area (Å²) in [5.41, 5.74) is 1.55. The Morgan fingerprint density at radius 1 is 1.46 bits per heavy atom. The first-order valence-electron chi connectivity index (χ1n) is 4.12. The summed E-state index contributed by atoms with van der Waals surface area (Å²) in [6, 6.07) is 5.46. The van der Waals surface area contributed by atoms with Crippen LogP contribution >= 0.6 is 0 Å². The quantitative estimate of drug-likeness (QED) is 0.614. The van der Waals surface area contributed by atoms with Crippen LogP contribution in [0.2, 0.25) is 0 Å². The van der Waals surface area contributed by atoms with Gasteiger partial charge in [0.2, 0.25) is 0 Å². The van der Waals surface area contributed by atoms with Gasteiger partial charge < -0.3 is 9.47 Å². The molecule has 0 saturated carbocycles. The standard InChI is InChI=1S/C10H10O3/c1-7(11)8-3-2-4-10-9(8)5-12-6-13-10/h2-4H,5-6H2,1H3. The summed E-state index contributed by atoms with van der Waals surface area (Å²) in [6.45, 7) is 2.28. The Labute approximate surface area is 76.3 Å². The van der Waals surface area contributed by atoms with Crippen LogP contribution in [-0.4, -0.2) is 12.6 Å². The fraction of sp³-hybridized carbons (Fsp3) is 0.300. The van der Waals surface area contributed by atoms with Gasteiger partial charge in [-0.05, 0) is 13.0 Å². The summed E-state index contributed by atoms with van der Waals surface area (Å²) in [4.78, 5) is 11.2. The summed E-state index contributed by atoms with van der Waals surface area (Å²) in [5.74, 6) is 0.810. The van der Waals surface area contributed by atoms with Crippen molar-refractivity contribution in [3.8, 4) is 5.75 Å². The van der Waals surface area contributed by atoms with E-state index in [9.17, 15) is 4.79 Å². The normalized spacial score (nSPS) is 14.5. The smallest absolute Gasteiger partial charge is 0.189 e. The first-order chi connectivity index (χ1) is 6.29. The lowest BCUT2D eigenvalue weighted by Gasteiger charge is -2.19. The van der Waals surface area contributed by atoms with E-state index >= 15 is 0 Å². The molecule has 0 fully saturated rings. The van der Waals surface area contributed by atoms with Gasteiger partial charge >= 0.3 is 0 Å². The molecule has 3 nitrogen and oxygen atoms in total. The van der Waals surface area contributed by atoms with Crippen molar-refractivity contribution in [3.63, 3.8) is 0 Å². The number of benzene rings is 1. The summed E-state index contributed by atoms with van der Waals surface area (Å²) < 4.78 is 10.4. The molecule has 1 aromatic carbocycles. The summed E-state index contributed by atoms with van der Waals surface area (Å²) in [6.07, 6.45) is 0. The minimum Gasteiger partial charge on any atom is -0.467 e. The lowest BCUT2D eigenvalue weighted by atomic mass is 10.0. The van der Waals surface area contributed by atoms with Crippen LogP contribution < -0.4 is 4.74 Å². The second kappa shape index (κ2) is 3.18. The van der Waals surface area contributed by atoms with Gasteiger partial charge in [-0.15, -0.1) is 0 Å². The molecule has 0 saturated heterocycles. The SMILES string of the molecule is CC(=O)c1cccc2c1COCO2. The van der Waals surface area contributed by atoms with Gasteiger partial charge in [0, 0.05) is 11.1 Å². The van der Waals surface area contributed by atoms with E-state index in [4.69, 9.17) is 9.47 Å². The number of ether oxygens (including phenoxy) is 2. The molecule has 1 heterocycles. The van der Waals surface area contributed by atoms with Gasteiger partial charge in [0.1, 0.15) is 5.75 Å². The van der Waals surface area contributed by atoms with Crippen molar-refractivity contribution in [1.29, 1.82) is 0 Å². The molecule has 68 valence electrons. The second-order valence-electron chi connectivity index (χ2n) is 2.95. The van der Waals surface area contributed by atoms with Crippen LogP contribution in [0.4, 0.5) is 0 Å². The number of carbonyl (C=O) groups excluding carboxylic acids is 1. The summed E-state index contributed by atoms with van der Waals surface area (Å²) in [7, 11) is 0. The first-order valence-corrected chi connectivity index (χ1v) is 4.12. The van der Waals surface area contributed by atoms with Crippen molar-refractivity contribution in [2.75, 3.05) is 6.79 Å². The van der Waals surface area contributed by atoms with Crippen LogP contribution in [0.25, 0.3) is 0 Å². The lowest BCUT2D eigenvalue weighted by molar-refractivity contribution is -0.0167. The van der Waals surface area contributed by atoms with E-state index in [1.165, 1.54) is 0 Å². The van der Waals surface area contributed by atoms with Crippen molar-refractivity contribution in [2.45, 2.75) is 13.5 Å². The molecule has 1 aliphatic rings. The Hall–Kier alpha value is -1.35. The molecule has 2 rings (SSSR count). The maximum Gasteiger partial charge on any atom is 0.189 e. The molecule has 0 bridgehead atoms. The molecular weight excluding hydrogens is 168 g/mol. The fourth-order valence-corrected chi connectivity index (χ4v) is 1.43. The molecule has 0 atom stereocenters. The summed E-state index contributed by atoms with van der Waals surface area (Å²) in [5, 5.41) is 0. The monoisotopic (exact) mass is 178 g/mol. The van der Waals surface area contributed by atoms with Gasteiger partial charge in [0.15, 0.2) is 12.6 Å². The second-order valence-corrected chi connectivity index (χ2v) is 2.95. The number of Topliss-reactive ketones (excluding diaryl/α,β-unsaturated/α-hetero) is 1. The Kier molecular flexibility index (Phi) is 2.02. The molecule has 0 unspecified atom stereocenters. The molecule has 0 spiro atoms. The number of ketones is 1. The average molecular weight is 178 g/mol. The predicted octanol–water partition coefficient (Wildman–Crippen LogP) is 1.76. The molecule has 3 heteroatoms. The number of hydrogen-bond donors (Lipinski definition) is 0. The first kappa shape index (κ1) is 8.26. The largest absolute Gasteiger partial charge is 0.467 e. The maximum absolute atomic E-state index is 11.2. The van der Waals surface area contributed by atoms with E-state index in [2.05, 4.69) is 0 Å². The van der Waals surface area contributed by atoms with Gasteiger partial charge in [0.05, 0.1) is 6.61 Å². The Morgan fingerprint density at radius 2 is 2.31 bits per heavy atom. The van der Waals surface area contributed by atoms with Crippen LogP contribution in [0.3, 0.4) is 0 Å². The average Bonchev–Trinajstić information content (AvgIpc) is 2.17. The van der Waals surface area contributed by atoms with Gasteiger partial charge in [-0.25, -0.2) is 0 Å². The van der Waals surface area contributed by atoms with Crippen molar-refractivity contribution >= 4 is 5.78 Å². The van der Waals surface area contributed by atoms with E-state index in [1.807, 2.05) is 12.1 Å². The van der Waals surface area contributed by atoms with Gasteiger partial charge in [-0.1, -0.05) is 12.1 Å². The van der Waals surface area contributed by atoms with Crippen LogP contribution in [0.15, 0.2) is 18.2 Å². The highest BCUT2D eigenvalue weighted by Crippen LogP contribution is 2.26. The van der Waals surface area contributed by atoms with E-state index < -0.39 is 0 Å². The molecule has 1 aromatic rings.